The first-order valence-electron chi connectivity index (χ1n) is 7.32. The molecule has 0 spiro atoms. The van der Waals surface area contributed by atoms with E-state index >= 15 is 0 Å². The van der Waals surface area contributed by atoms with Gasteiger partial charge in [0.1, 0.15) is 6.29 Å². The molecule has 0 aliphatic carbocycles. The summed E-state index contributed by atoms with van der Waals surface area (Å²) < 4.78 is 0. The van der Waals surface area contributed by atoms with Gasteiger partial charge >= 0.3 is 0 Å². The SMILES string of the molecule is O=CCCC(=O)NC(=O)CN1CCN(c2ccncc2)CC1. The number of nitrogens with zero attached hydrogens (tertiary/aromatic N) is 3. The van der Waals surface area contributed by atoms with E-state index in [1.807, 2.05) is 17.0 Å². The zero-order valence-electron chi connectivity index (χ0n) is 12.4. The topological polar surface area (TPSA) is 82.6 Å². The Balaban J connectivity index is 1.72. The summed E-state index contributed by atoms with van der Waals surface area (Å²) in [6.45, 7) is 3.39. The van der Waals surface area contributed by atoms with Crippen molar-refractivity contribution in [1.29, 1.82) is 0 Å². The van der Waals surface area contributed by atoms with Crippen molar-refractivity contribution in [2.75, 3.05) is 37.6 Å². The minimum atomic E-state index is -0.396. The van der Waals surface area contributed by atoms with E-state index in [-0.39, 0.29) is 25.3 Å². The van der Waals surface area contributed by atoms with Crippen LogP contribution < -0.4 is 10.2 Å². The van der Waals surface area contributed by atoms with E-state index in [0.29, 0.717) is 6.29 Å². The molecule has 7 nitrogen and oxygen atoms in total. The van der Waals surface area contributed by atoms with Crippen LogP contribution in [0.1, 0.15) is 12.8 Å². The smallest absolute Gasteiger partial charge is 0.240 e. The molecule has 22 heavy (non-hydrogen) atoms. The van der Waals surface area contributed by atoms with Gasteiger partial charge in [-0.2, -0.15) is 0 Å². The van der Waals surface area contributed by atoms with Gasteiger partial charge in [0.05, 0.1) is 6.54 Å². The van der Waals surface area contributed by atoms with Crippen LogP contribution in [0.3, 0.4) is 0 Å². The molecule has 1 saturated heterocycles. The summed E-state index contributed by atoms with van der Waals surface area (Å²) in [6.07, 6.45) is 4.40. The standard InChI is InChI=1S/C15H20N4O3/c20-11-1-2-14(21)17-15(22)12-18-7-9-19(10-8-18)13-3-5-16-6-4-13/h3-6,11H,1-2,7-10,12H2,(H,17,21,22). The summed E-state index contributed by atoms with van der Waals surface area (Å²) in [5, 5.41) is 2.30. The average Bonchev–Trinajstić information content (AvgIpc) is 2.54. The quantitative estimate of drug-likeness (QED) is 0.735. The highest BCUT2D eigenvalue weighted by Gasteiger charge is 2.19. The van der Waals surface area contributed by atoms with Crippen LogP contribution >= 0.6 is 0 Å². The van der Waals surface area contributed by atoms with Gasteiger partial charge in [-0.3, -0.25) is 24.8 Å². The number of aromatic nitrogens is 1. The van der Waals surface area contributed by atoms with Gasteiger partial charge in [-0.25, -0.2) is 0 Å². The van der Waals surface area contributed by atoms with Gasteiger partial charge < -0.3 is 9.69 Å². The van der Waals surface area contributed by atoms with Gasteiger partial charge in [-0.1, -0.05) is 0 Å². The fourth-order valence-corrected chi connectivity index (χ4v) is 2.37. The molecule has 1 aromatic rings. The molecule has 0 radical (unpaired) electrons. The second-order valence-electron chi connectivity index (χ2n) is 5.15. The lowest BCUT2D eigenvalue weighted by molar-refractivity contribution is -0.131. The molecule has 1 aliphatic rings. The molecule has 2 amide bonds. The molecule has 2 heterocycles. The van der Waals surface area contributed by atoms with Crippen LogP contribution in [0.5, 0.6) is 0 Å². The lowest BCUT2D eigenvalue weighted by Gasteiger charge is -2.35. The van der Waals surface area contributed by atoms with Crippen LogP contribution in [-0.2, 0) is 14.4 Å². The molecule has 1 aromatic heterocycles. The van der Waals surface area contributed by atoms with Crippen LogP contribution in [0.25, 0.3) is 0 Å². The van der Waals surface area contributed by atoms with Gasteiger partial charge in [-0.05, 0) is 12.1 Å². The fraction of sp³-hybridized carbons (Fsp3) is 0.467. The normalized spacial score (nSPS) is 15.4. The minimum Gasteiger partial charge on any atom is -0.369 e. The number of aldehydes is 1. The second-order valence-corrected chi connectivity index (χ2v) is 5.15. The Hall–Kier alpha value is -2.28. The molecule has 1 aliphatic heterocycles. The number of imide groups is 1. The van der Waals surface area contributed by atoms with Gasteiger partial charge in [0, 0.05) is 57.1 Å². The molecule has 0 atom stereocenters. The number of carbonyl (C=O) groups excluding carboxylic acids is 3. The number of anilines is 1. The summed E-state index contributed by atoms with van der Waals surface area (Å²) >= 11 is 0. The number of rotatable bonds is 6. The molecule has 1 N–H and O–H groups in total. The van der Waals surface area contributed by atoms with Gasteiger partial charge in [0.2, 0.25) is 11.8 Å². The van der Waals surface area contributed by atoms with Crippen molar-refractivity contribution in [3.05, 3.63) is 24.5 Å². The first kappa shape index (κ1) is 16.1. The average molecular weight is 304 g/mol. The fourth-order valence-electron chi connectivity index (χ4n) is 2.37. The lowest BCUT2D eigenvalue weighted by atomic mass is 10.2. The van der Waals surface area contributed by atoms with Crippen LogP contribution in [0.2, 0.25) is 0 Å². The lowest BCUT2D eigenvalue weighted by Crippen LogP contribution is -2.50. The van der Waals surface area contributed by atoms with Crippen LogP contribution in [-0.4, -0.2) is 60.7 Å². The monoisotopic (exact) mass is 304 g/mol. The first-order chi connectivity index (χ1) is 10.7. The van der Waals surface area contributed by atoms with E-state index in [1.165, 1.54) is 0 Å². The summed E-state index contributed by atoms with van der Waals surface area (Å²) in [7, 11) is 0. The maximum atomic E-state index is 11.8. The maximum Gasteiger partial charge on any atom is 0.240 e. The first-order valence-corrected chi connectivity index (χ1v) is 7.32. The largest absolute Gasteiger partial charge is 0.369 e. The third-order valence-corrected chi connectivity index (χ3v) is 3.54. The Morgan fingerprint density at radius 3 is 2.45 bits per heavy atom. The van der Waals surface area contributed by atoms with Crippen molar-refractivity contribution in [3.8, 4) is 0 Å². The molecular formula is C15H20N4O3. The predicted octanol–water partition coefficient (Wildman–Crippen LogP) is -0.174. The van der Waals surface area contributed by atoms with Crippen molar-refractivity contribution in [2.24, 2.45) is 0 Å². The number of hydrogen-bond acceptors (Lipinski definition) is 6. The summed E-state index contributed by atoms with van der Waals surface area (Å²) in [4.78, 5) is 41.6. The zero-order chi connectivity index (χ0) is 15.8. The molecule has 0 aromatic carbocycles. The third-order valence-electron chi connectivity index (χ3n) is 3.54. The third kappa shape index (κ3) is 4.92. The van der Waals surface area contributed by atoms with Gasteiger partial charge in [-0.15, -0.1) is 0 Å². The van der Waals surface area contributed by atoms with E-state index in [2.05, 4.69) is 15.2 Å². The Labute approximate surface area is 129 Å². The van der Waals surface area contributed by atoms with Crippen LogP contribution in [0, 0.1) is 0 Å². The van der Waals surface area contributed by atoms with Gasteiger partial charge in [0.25, 0.3) is 0 Å². The summed E-state index contributed by atoms with van der Waals surface area (Å²) in [5.74, 6) is -0.708. The highest BCUT2D eigenvalue weighted by atomic mass is 16.2. The Morgan fingerprint density at radius 2 is 1.82 bits per heavy atom. The van der Waals surface area contributed by atoms with Crippen molar-refractivity contribution < 1.29 is 14.4 Å². The van der Waals surface area contributed by atoms with Crippen molar-refractivity contribution in [1.82, 2.24) is 15.2 Å². The molecule has 0 bridgehead atoms. The van der Waals surface area contributed by atoms with E-state index in [0.717, 1.165) is 31.9 Å². The molecule has 0 saturated carbocycles. The molecule has 1 fully saturated rings. The van der Waals surface area contributed by atoms with Crippen molar-refractivity contribution in [2.45, 2.75) is 12.8 Å². The number of nitrogens with one attached hydrogen (secondary N) is 1. The molecule has 0 unspecified atom stereocenters. The van der Waals surface area contributed by atoms with E-state index in [9.17, 15) is 14.4 Å². The number of piperazine rings is 1. The Morgan fingerprint density at radius 1 is 1.14 bits per heavy atom. The van der Waals surface area contributed by atoms with E-state index < -0.39 is 5.91 Å². The number of hydrogen-bond donors (Lipinski definition) is 1. The van der Waals surface area contributed by atoms with E-state index in [1.54, 1.807) is 12.4 Å². The highest BCUT2D eigenvalue weighted by Crippen LogP contribution is 2.14. The molecular weight excluding hydrogens is 284 g/mol. The number of pyridine rings is 1. The van der Waals surface area contributed by atoms with Gasteiger partial charge in [0.15, 0.2) is 0 Å². The Bertz CT molecular complexity index is 513. The zero-order valence-corrected chi connectivity index (χ0v) is 12.4. The van der Waals surface area contributed by atoms with Crippen molar-refractivity contribution in [3.63, 3.8) is 0 Å². The van der Waals surface area contributed by atoms with Crippen molar-refractivity contribution >= 4 is 23.8 Å². The summed E-state index contributed by atoms with van der Waals surface area (Å²) in [6, 6.07) is 3.93. The number of amides is 2. The Kier molecular flexibility index (Phi) is 6.02. The maximum absolute atomic E-state index is 11.8. The van der Waals surface area contributed by atoms with Crippen LogP contribution in [0.15, 0.2) is 24.5 Å². The second kappa shape index (κ2) is 8.23. The molecule has 7 heteroatoms. The predicted molar refractivity (Wildman–Crippen MR) is 81.3 cm³/mol. The minimum absolute atomic E-state index is 0.0606. The van der Waals surface area contributed by atoms with Crippen LogP contribution in [0.4, 0.5) is 5.69 Å². The molecule has 118 valence electrons. The van der Waals surface area contributed by atoms with E-state index in [4.69, 9.17) is 0 Å². The molecule has 2 rings (SSSR count). The summed E-state index contributed by atoms with van der Waals surface area (Å²) in [5.41, 5.74) is 1.13. The number of carbonyl (C=O) groups is 3. The highest BCUT2D eigenvalue weighted by molar-refractivity contribution is 5.96.